The van der Waals surface area contributed by atoms with E-state index in [0.29, 0.717) is 18.7 Å². The van der Waals surface area contributed by atoms with Crippen molar-refractivity contribution in [3.8, 4) is 0 Å². The van der Waals surface area contributed by atoms with E-state index in [1.165, 1.54) is 12.1 Å². The van der Waals surface area contributed by atoms with Gasteiger partial charge < -0.3 is 9.80 Å². The number of aromatic nitrogens is 3. The van der Waals surface area contributed by atoms with E-state index in [4.69, 9.17) is 0 Å². The Morgan fingerprint density at radius 2 is 1.97 bits per heavy atom. The fourth-order valence-electron chi connectivity index (χ4n) is 4.09. The highest BCUT2D eigenvalue weighted by Gasteiger charge is 2.32. The maximum Gasteiger partial charge on any atom is 0.223 e. The number of carbonyl (C=O) groups is 1. The number of amides is 1. The number of H-pyrrole nitrogens is 1. The normalized spacial score (nSPS) is 15.9. The quantitative estimate of drug-likeness (QED) is 0.594. The van der Waals surface area contributed by atoms with E-state index in [-0.39, 0.29) is 17.8 Å². The van der Waals surface area contributed by atoms with Crippen LogP contribution in [0.1, 0.15) is 48.9 Å². The number of halogens is 1. The summed E-state index contributed by atoms with van der Waals surface area (Å²) < 4.78 is 13.1. The molecule has 0 spiro atoms. The molecule has 7 heteroatoms. The lowest BCUT2D eigenvalue weighted by Crippen LogP contribution is -2.31. The van der Waals surface area contributed by atoms with Crippen LogP contribution in [0.15, 0.2) is 54.6 Å². The van der Waals surface area contributed by atoms with Crippen molar-refractivity contribution in [1.82, 2.24) is 20.1 Å². The van der Waals surface area contributed by atoms with Crippen molar-refractivity contribution in [1.29, 1.82) is 0 Å². The molecule has 1 saturated heterocycles. The summed E-state index contributed by atoms with van der Waals surface area (Å²) in [6, 6.07) is 16.5. The van der Waals surface area contributed by atoms with Gasteiger partial charge in [0.1, 0.15) is 11.6 Å². The largest absolute Gasteiger partial charge is 0.375 e. The highest BCUT2D eigenvalue weighted by molar-refractivity contribution is 5.77. The predicted octanol–water partition coefficient (Wildman–Crippen LogP) is 4.11. The summed E-state index contributed by atoms with van der Waals surface area (Å²) in [6.45, 7) is 1.58. The summed E-state index contributed by atoms with van der Waals surface area (Å²) in [5.41, 5.74) is 2.12. The second kappa shape index (κ2) is 9.73. The number of rotatable bonds is 8. The molecule has 3 aromatic rings. The zero-order chi connectivity index (χ0) is 21.6. The van der Waals surface area contributed by atoms with Crippen molar-refractivity contribution in [3.05, 3.63) is 77.6 Å². The van der Waals surface area contributed by atoms with Crippen LogP contribution < -0.4 is 4.90 Å². The Hall–Kier alpha value is -3.22. The first kappa shape index (κ1) is 21.0. The summed E-state index contributed by atoms with van der Waals surface area (Å²) in [6.07, 6.45) is 3.71. The fourth-order valence-corrected chi connectivity index (χ4v) is 4.09. The van der Waals surface area contributed by atoms with E-state index in [1.54, 1.807) is 12.1 Å². The van der Waals surface area contributed by atoms with Crippen molar-refractivity contribution in [2.75, 3.05) is 25.0 Å². The number of anilines is 1. The molecule has 162 valence electrons. The van der Waals surface area contributed by atoms with Gasteiger partial charge >= 0.3 is 0 Å². The topological polar surface area (TPSA) is 65.1 Å². The average Bonchev–Trinajstić information content (AvgIpc) is 3.45. The lowest BCUT2D eigenvalue weighted by molar-refractivity contribution is -0.132. The first-order valence-corrected chi connectivity index (χ1v) is 10.8. The van der Waals surface area contributed by atoms with Crippen LogP contribution in [-0.2, 0) is 11.2 Å². The van der Waals surface area contributed by atoms with Crippen LogP contribution in [0.3, 0.4) is 0 Å². The van der Waals surface area contributed by atoms with Gasteiger partial charge in [0, 0.05) is 38.7 Å². The minimum absolute atomic E-state index is 0.0717. The molecule has 1 aliphatic rings. The van der Waals surface area contributed by atoms with E-state index < -0.39 is 0 Å². The molecule has 1 amide bonds. The molecule has 0 unspecified atom stereocenters. The third-order valence-electron chi connectivity index (χ3n) is 5.79. The van der Waals surface area contributed by atoms with Gasteiger partial charge in [-0.2, -0.15) is 5.10 Å². The van der Waals surface area contributed by atoms with Crippen LogP contribution in [0.4, 0.5) is 10.1 Å². The molecule has 0 aliphatic carbocycles. The van der Waals surface area contributed by atoms with Crippen molar-refractivity contribution in [3.63, 3.8) is 0 Å². The second-order valence-corrected chi connectivity index (χ2v) is 8.05. The zero-order valence-electron chi connectivity index (χ0n) is 17.8. The molecule has 1 fully saturated rings. The lowest BCUT2D eigenvalue weighted by Gasteiger charge is -2.24. The van der Waals surface area contributed by atoms with Crippen LogP contribution in [0, 0.1) is 5.82 Å². The summed E-state index contributed by atoms with van der Waals surface area (Å²) in [5, 5.41) is 7.36. The summed E-state index contributed by atoms with van der Waals surface area (Å²) in [5.74, 6) is 1.31. The Morgan fingerprint density at radius 1 is 1.19 bits per heavy atom. The maximum atomic E-state index is 13.1. The van der Waals surface area contributed by atoms with Crippen molar-refractivity contribution < 1.29 is 9.18 Å². The van der Waals surface area contributed by atoms with Gasteiger partial charge in [0.15, 0.2) is 5.82 Å². The lowest BCUT2D eigenvalue weighted by atomic mass is 10.1. The van der Waals surface area contributed by atoms with Crippen LogP contribution in [0.25, 0.3) is 0 Å². The number of likely N-dealkylation sites (tertiary alicyclic amines) is 1. The van der Waals surface area contributed by atoms with Crippen molar-refractivity contribution in [2.24, 2.45) is 0 Å². The zero-order valence-corrected chi connectivity index (χ0v) is 17.8. The number of carbonyl (C=O) groups excluding carboxylic acids is 1. The van der Waals surface area contributed by atoms with E-state index in [9.17, 15) is 9.18 Å². The molecule has 1 atom stereocenters. The molecule has 1 aromatic heterocycles. The van der Waals surface area contributed by atoms with E-state index in [1.807, 2.05) is 23.1 Å². The number of para-hydroxylation sites is 1. The van der Waals surface area contributed by atoms with Gasteiger partial charge in [-0.05, 0) is 49.1 Å². The average molecular weight is 422 g/mol. The third kappa shape index (κ3) is 5.29. The highest BCUT2D eigenvalue weighted by Crippen LogP contribution is 2.30. The van der Waals surface area contributed by atoms with E-state index in [0.717, 1.165) is 49.4 Å². The number of benzene rings is 2. The standard InChI is InChI=1S/C24H28FN5O/c1-29(20-7-3-2-4-8-20)15-6-10-23(31)30-16-5-9-21(30)24-26-22(27-28-24)17-18-11-13-19(25)14-12-18/h2-4,7-8,11-14,21H,5-6,9-10,15-17H2,1H3,(H,26,27,28)/t21-/m0/s1. The van der Waals surface area contributed by atoms with Gasteiger partial charge in [0.2, 0.25) is 5.91 Å². The maximum absolute atomic E-state index is 13.1. The molecule has 0 saturated carbocycles. The summed E-state index contributed by atoms with van der Waals surface area (Å²) in [4.78, 5) is 21.6. The van der Waals surface area contributed by atoms with Gasteiger partial charge in [-0.1, -0.05) is 30.3 Å². The third-order valence-corrected chi connectivity index (χ3v) is 5.79. The molecule has 0 radical (unpaired) electrons. The first-order valence-electron chi connectivity index (χ1n) is 10.8. The second-order valence-electron chi connectivity index (χ2n) is 8.05. The van der Waals surface area contributed by atoms with Crippen LogP contribution in [0.5, 0.6) is 0 Å². The SMILES string of the molecule is CN(CCCC(=O)N1CCC[C@H]1c1n[nH]c(Cc2ccc(F)cc2)n1)c1ccccc1. The number of nitrogens with zero attached hydrogens (tertiary/aromatic N) is 4. The molecular weight excluding hydrogens is 393 g/mol. The predicted molar refractivity (Wildman–Crippen MR) is 118 cm³/mol. The van der Waals surface area contributed by atoms with Crippen molar-refractivity contribution in [2.45, 2.75) is 38.1 Å². The minimum Gasteiger partial charge on any atom is -0.375 e. The Bertz CT molecular complexity index is 989. The van der Waals surface area contributed by atoms with Gasteiger partial charge in [-0.15, -0.1) is 0 Å². The number of nitrogens with one attached hydrogen (secondary N) is 1. The molecule has 2 heterocycles. The van der Waals surface area contributed by atoms with Crippen LogP contribution in [-0.4, -0.2) is 46.1 Å². The molecule has 31 heavy (non-hydrogen) atoms. The highest BCUT2D eigenvalue weighted by atomic mass is 19.1. The molecular formula is C24H28FN5O. The number of hydrogen-bond donors (Lipinski definition) is 1. The number of aromatic amines is 1. The van der Waals surface area contributed by atoms with E-state index in [2.05, 4.69) is 39.3 Å². The number of hydrogen-bond acceptors (Lipinski definition) is 4. The Morgan fingerprint density at radius 3 is 2.74 bits per heavy atom. The van der Waals surface area contributed by atoms with Gasteiger partial charge in [-0.3, -0.25) is 9.89 Å². The molecule has 0 bridgehead atoms. The summed E-state index contributed by atoms with van der Waals surface area (Å²) in [7, 11) is 2.05. The van der Waals surface area contributed by atoms with Gasteiger partial charge in [0.05, 0.1) is 6.04 Å². The Kier molecular flexibility index (Phi) is 6.60. The Labute approximate surface area is 182 Å². The van der Waals surface area contributed by atoms with Gasteiger partial charge in [-0.25, -0.2) is 9.37 Å². The van der Waals surface area contributed by atoms with Crippen molar-refractivity contribution >= 4 is 11.6 Å². The minimum atomic E-state index is -0.253. The van der Waals surface area contributed by atoms with Crippen LogP contribution in [0.2, 0.25) is 0 Å². The molecule has 1 aliphatic heterocycles. The Balaban J connectivity index is 1.31. The first-order chi connectivity index (χ1) is 15.1. The summed E-state index contributed by atoms with van der Waals surface area (Å²) >= 11 is 0. The molecule has 2 aromatic carbocycles. The molecule has 4 rings (SSSR count). The smallest absolute Gasteiger partial charge is 0.223 e. The van der Waals surface area contributed by atoms with E-state index >= 15 is 0 Å². The molecule has 6 nitrogen and oxygen atoms in total. The monoisotopic (exact) mass is 421 g/mol. The van der Waals surface area contributed by atoms with Gasteiger partial charge in [0.25, 0.3) is 0 Å². The van der Waals surface area contributed by atoms with Crippen LogP contribution >= 0.6 is 0 Å². The molecule has 1 N–H and O–H groups in total. The fraction of sp³-hybridized carbons (Fsp3) is 0.375.